The molecular formula is C23H25N3O3. The van der Waals surface area contributed by atoms with Crippen LogP contribution < -0.4 is 0 Å². The molecule has 3 heterocycles. The summed E-state index contributed by atoms with van der Waals surface area (Å²) in [5.41, 5.74) is 1.44. The average molecular weight is 391 g/mol. The van der Waals surface area contributed by atoms with E-state index in [2.05, 4.69) is 17.0 Å². The second-order valence-electron chi connectivity index (χ2n) is 8.44. The van der Waals surface area contributed by atoms with Gasteiger partial charge in [-0.2, -0.15) is 0 Å². The summed E-state index contributed by atoms with van der Waals surface area (Å²) >= 11 is 0. The van der Waals surface area contributed by atoms with Crippen LogP contribution in [0.3, 0.4) is 0 Å². The van der Waals surface area contributed by atoms with Crippen LogP contribution in [0.4, 0.5) is 0 Å². The van der Waals surface area contributed by atoms with Crippen LogP contribution in [0.15, 0.2) is 60.7 Å². The van der Waals surface area contributed by atoms with Crippen molar-refractivity contribution in [3.63, 3.8) is 0 Å². The maximum absolute atomic E-state index is 13.5. The molecule has 5 rings (SSSR count). The molecule has 3 fully saturated rings. The van der Waals surface area contributed by atoms with E-state index in [0.717, 1.165) is 12.1 Å². The third-order valence-corrected chi connectivity index (χ3v) is 6.43. The molecule has 150 valence electrons. The summed E-state index contributed by atoms with van der Waals surface area (Å²) < 4.78 is 0. The van der Waals surface area contributed by atoms with E-state index >= 15 is 0 Å². The van der Waals surface area contributed by atoms with Gasteiger partial charge in [0.05, 0.1) is 18.7 Å². The van der Waals surface area contributed by atoms with Gasteiger partial charge in [-0.25, -0.2) is 0 Å². The highest BCUT2D eigenvalue weighted by Gasteiger charge is 2.64. The van der Waals surface area contributed by atoms with E-state index in [-0.39, 0.29) is 11.8 Å². The van der Waals surface area contributed by atoms with Crippen LogP contribution >= 0.6 is 0 Å². The third-order valence-electron chi connectivity index (χ3n) is 6.43. The smallest absolute Gasteiger partial charge is 0.252 e. The zero-order chi connectivity index (χ0) is 20.0. The second kappa shape index (κ2) is 7.06. The van der Waals surface area contributed by atoms with Crippen LogP contribution in [0, 0.1) is 0 Å². The highest BCUT2D eigenvalue weighted by Crippen LogP contribution is 2.41. The molecule has 2 aromatic carbocycles. The van der Waals surface area contributed by atoms with Crippen LogP contribution in [0.2, 0.25) is 0 Å². The molecule has 2 atom stereocenters. The minimum absolute atomic E-state index is 0.124. The minimum Gasteiger partial charge on any atom is -0.392 e. The Hall–Kier alpha value is -2.54. The molecular weight excluding hydrogens is 366 g/mol. The Kier molecular flexibility index (Phi) is 4.50. The van der Waals surface area contributed by atoms with E-state index in [1.807, 2.05) is 53.4 Å². The molecule has 6 heteroatoms. The van der Waals surface area contributed by atoms with Gasteiger partial charge >= 0.3 is 0 Å². The molecule has 2 aromatic rings. The predicted molar refractivity (Wildman–Crippen MR) is 108 cm³/mol. The molecule has 0 radical (unpaired) electrons. The number of aliphatic hydroxyl groups excluding tert-OH is 1. The van der Waals surface area contributed by atoms with E-state index in [0.29, 0.717) is 32.6 Å². The predicted octanol–water partition coefficient (Wildman–Crippen LogP) is 1.25. The Morgan fingerprint density at radius 2 is 1.48 bits per heavy atom. The van der Waals surface area contributed by atoms with Crippen molar-refractivity contribution in [1.29, 1.82) is 0 Å². The Morgan fingerprint density at radius 1 is 0.897 bits per heavy atom. The molecule has 6 nitrogen and oxygen atoms in total. The van der Waals surface area contributed by atoms with Crippen molar-refractivity contribution in [2.24, 2.45) is 0 Å². The molecule has 2 amide bonds. The molecule has 1 N–H and O–H groups in total. The summed E-state index contributed by atoms with van der Waals surface area (Å²) in [4.78, 5) is 32.3. The molecule has 0 saturated carbocycles. The first kappa shape index (κ1) is 18.5. The van der Waals surface area contributed by atoms with Gasteiger partial charge < -0.3 is 5.11 Å². The Bertz CT molecular complexity index is 911. The maximum Gasteiger partial charge on any atom is 0.252 e. The van der Waals surface area contributed by atoms with Crippen molar-refractivity contribution in [3.05, 3.63) is 71.8 Å². The Morgan fingerprint density at radius 3 is 2.10 bits per heavy atom. The standard InChI is InChI=1S/C23H25N3O3/c27-19-11-20-21(28)25(13-18-9-5-2-6-10-18)22(29)23(26(20)14-19)15-24(16-23)12-17-7-3-1-4-8-17/h1-10,19-20,27H,11-16H2. The first-order valence-corrected chi connectivity index (χ1v) is 10.2. The quantitative estimate of drug-likeness (QED) is 0.795. The normalized spacial score (nSPS) is 26.6. The van der Waals surface area contributed by atoms with Crippen LogP contribution in [0.1, 0.15) is 17.5 Å². The first-order valence-electron chi connectivity index (χ1n) is 10.2. The lowest BCUT2D eigenvalue weighted by atomic mass is 9.82. The number of likely N-dealkylation sites (tertiary alicyclic amines) is 1. The summed E-state index contributed by atoms with van der Waals surface area (Å²) in [7, 11) is 0. The van der Waals surface area contributed by atoms with Crippen molar-refractivity contribution in [1.82, 2.24) is 14.7 Å². The molecule has 3 saturated heterocycles. The number of benzene rings is 2. The molecule has 2 unspecified atom stereocenters. The van der Waals surface area contributed by atoms with Crippen LogP contribution in [-0.4, -0.2) is 68.9 Å². The first-order chi connectivity index (χ1) is 14.1. The van der Waals surface area contributed by atoms with Crippen LogP contribution in [0.5, 0.6) is 0 Å². The van der Waals surface area contributed by atoms with Crippen LogP contribution in [0.25, 0.3) is 0 Å². The van der Waals surface area contributed by atoms with Crippen molar-refractivity contribution in [2.45, 2.75) is 37.2 Å². The molecule has 0 bridgehead atoms. The lowest BCUT2D eigenvalue weighted by Gasteiger charge is -2.58. The number of rotatable bonds is 4. The molecule has 0 aromatic heterocycles. The number of β-amino-alcohol motifs (C(OH)–C–C–N with tert-alkyl or cyclic N) is 1. The van der Waals surface area contributed by atoms with Crippen molar-refractivity contribution in [3.8, 4) is 0 Å². The number of hydrogen-bond donors (Lipinski definition) is 1. The SMILES string of the molecule is O=C1C2CC(O)CN2C2(CN(Cc3ccccc3)C2)C(=O)N1Cc1ccccc1. The van der Waals surface area contributed by atoms with Gasteiger partial charge in [0.25, 0.3) is 5.91 Å². The Balaban J connectivity index is 1.40. The number of fused-ring (bicyclic) bond motifs is 2. The zero-order valence-corrected chi connectivity index (χ0v) is 16.3. The molecule has 3 aliphatic rings. The van der Waals surface area contributed by atoms with Gasteiger partial charge in [-0.1, -0.05) is 60.7 Å². The van der Waals surface area contributed by atoms with Gasteiger partial charge in [-0.15, -0.1) is 0 Å². The summed E-state index contributed by atoms with van der Waals surface area (Å²) in [5.74, 6) is -0.302. The minimum atomic E-state index is -0.709. The number of hydrogen-bond acceptors (Lipinski definition) is 5. The maximum atomic E-state index is 13.5. The highest BCUT2D eigenvalue weighted by atomic mass is 16.3. The number of imide groups is 1. The van der Waals surface area contributed by atoms with Gasteiger partial charge in [-0.3, -0.25) is 24.3 Å². The zero-order valence-electron chi connectivity index (χ0n) is 16.3. The van der Waals surface area contributed by atoms with E-state index < -0.39 is 17.7 Å². The Labute approximate surface area is 170 Å². The van der Waals surface area contributed by atoms with Crippen molar-refractivity contribution < 1.29 is 14.7 Å². The molecule has 1 spiro atoms. The van der Waals surface area contributed by atoms with Gasteiger partial charge in [-0.05, 0) is 17.5 Å². The molecule has 29 heavy (non-hydrogen) atoms. The van der Waals surface area contributed by atoms with Gasteiger partial charge in [0.15, 0.2) is 0 Å². The number of carbonyl (C=O) groups is 2. The average Bonchev–Trinajstić information content (AvgIpc) is 3.10. The number of aliphatic hydroxyl groups is 1. The third kappa shape index (κ3) is 3.08. The van der Waals surface area contributed by atoms with E-state index in [1.54, 1.807) is 0 Å². The number of amides is 2. The summed E-state index contributed by atoms with van der Waals surface area (Å²) in [5, 5.41) is 10.3. The second-order valence-corrected chi connectivity index (χ2v) is 8.44. The van der Waals surface area contributed by atoms with E-state index in [9.17, 15) is 14.7 Å². The lowest BCUT2D eigenvalue weighted by Crippen LogP contribution is -2.81. The lowest BCUT2D eigenvalue weighted by molar-refractivity contribution is -0.181. The summed E-state index contributed by atoms with van der Waals surface area (Å²) in [6.45, 7) is 2.63. The van der Waals surface area contributed by atoms with Gasteiger partial charge in [0, 0.05) is 26.2 Å². The van der Waals surface area contributed by atoms with Gasteiger partial charge in [0.2, 0.25) is 5.91 Å². The van der Waals surface area contributed by atoms with Crippen LogP contribution in [-0.2, 0) is 22.7 Å². The number of carbonyl (C=O) groups excluding carboxylic acids is 2. The molecule has 3 aliphatic heterocycles. The van der Waals surface area contributed by atoms with Gasteiger partial charge in [0.1, 0.15) is 5.54 Å². The molecule has 0 aliphatic carbocycles. The van der Waals surface area contributed by atoms with Crippen molar-refractivity contribution in [2.75, 3.05) is 19.6 Å². The highest BCUT2D eigenvalue weighted by molar-refractivity contribution is 6.06. The fourth-order valence-corrected chi connectivity index (χ4v) is 5.05. The van der Waals surface area contributed by atoms with E-state index in [4.69, 9.17) is 0 Å². The topological polar surface area (TPSA) is 64.1 Å². The van der Waals surface area contributed by atoms with E-state index in [1.165, 1.54) is 10.5 Å². The monoisotopic (exact) mass is 391 g/mol. The number of piperazine rings is 1. The largest absolute Gasteiger partial charge is 0.392 e. The number of nitrogens with zero attached hydrogens (tertiary/aromatic N) is 3. The van der Waals surface area contributed by atoms with Crippen molar-refractivity contribution >= 4 is 11.8 Å². The fourth-order valence-electron chi connectivity index (χ4n) is 5.05. The summed E-state index contributed by atoms with van der Waals surface area (Å²) in [6.07, 6.45) is -0.161. The fraction of sp³-hybridized carbons (Fsp3) is 0.391. The summed E-state index contributed by atoms with van der Waals surface area (Å²) in [6, 6.07) is 19.4.